The summed E-state index contributed by atoms with van der Waals surface area (Å²) in [6, 6.07) is 6.05. The maximum absolute atomic E-state index is 5.35. The molecule has 1 aromatic rings. The van der Waals surface area contributed by atoms with Crippen molar-refractivity contribution in [1.29, 1.82) is 0 Å². The summed E-state index contributed by atoms with van der Waals surface area (Å²) in [5, 5.41) is 3.37. The number of halogens is 1. The Morgan fingerprint density at radius 2 is 2.04 bits per heavy atom. The molecule has 1 aromatic heterocycles. The van der Waals surface area contributed by atoms with Crippen molar-refractivity contribution in [3.05, 3.63) is 24.4 Å². The maximum atomic E-state index is 5.35. The zero-order chi connectivity index (χ0) is 15.6. The van der Waals surface area contributed by atoms with Crippen molar-refractivity contribution in [2.45, 2.75) is 13.8 Å². The molecule has 0 aliphatic carbocycles. The Morgan fingerprint density at radius 3 is 2.65 bits per heavy atom. The predicted molar refractivity (Wildman–Crippen MR) is 106 cm³/mol. The first-order valence-electron chi connectivity index (χ1n) is 8.12. The summed E-state index contributed by atoms with van der Waals surface area (Å²) in [6.45, 7) is 11.0. The molecule has 0 spiro atoms. The fourth-order valence-electron chi connectivity index (χ4n) is 2.47. The molecule has 0 aromatic carbocycles. The van der Waals surface area contributed by atoms with Gasteiger partial charge in [0.15, 0.2) is 5.96 Å². The highest BCUT2D eigenvalue weighted by Crippen LogP contribution is 2.12. The number of rotatable bonds is 6. The molecular weight excluding hydrogens is 405 g/mol. The van der Waals surface area contributed by atoms with Crippen LogP contribution in [0.1, 0.15) is 13.8 Å². The molecule has 0 atom stereocenters. The highest BCUT2D eigenvalue weighted by atomic mass is 127. The van der Waals surface area contributed by atoms with E-state index in [9.17, 15) is 0 Å². The van der Waals surface area contributed by atoms with E-state index < -0.39 is 0 Å². The van der Waals surface area contributed by atoms with Crippen LogP contribution in [0.15, 0.2) is 29.4 Å². The van der Waals surface area contributed by atoms with Gasteiger partial charge in [0.1, 0.15) is 5.82 Å². The van der Waals surface area contributed by atoms with E-state index in [-0.39, 0.29) is 24.0 Å². The lowest BCUT2D eigenvalue weighted by molar-refractivity contribution is 0.155. The van der Waals surface area contributed by atoms with Crippen molar-refractivity contribution in [1.82, 2.24) is 15.2 Å². The van der Waals surface area contributed by atoms with Crippen LogP contribution < -0.4 is 10.2 Å². The molecule has 0 amide bonds. The van der Waals surface area contributed by atoms with E-state index in [1.165, 1.54) is 0 Å². The van der Waals surface area contributed by atoms with Crippen molar-refractivity contribution in [2.24, 2.45) is 4.99 Å². The summed E-state index contributed by atoms with van der Waals surface area (Å²) in [5.41, 5.74) is 0. The topological polar surface area (TPSA) is 53.0 Å². The van der Waals surface area contributed by atoms with Crippen molar-refractivity contribution >= 4 is 35.8 Å². The number of anilines is 1. The molecule has 23 heavy (non-hydrogen) atoms. The van der Waals surface area contributed by atoms with Crippen LogP contribution in [0.4, 0.5) is 5.82 Å². The summed E-state index contributed by atoms with van der Waals surface area (Å²) >= 11 is 0. The average Bonchev–Trinajstić information content (AvgIpc) is 2.59. The monoisotopic (exact) mass is 433 g/mol. The number of nitrogens with one attached hydrogen (secondary N) is 1. The smallest absolute Gasteiger partial charge is 0.194 e. The minimum atomic E-state index is 0. The number of aliphatic imine (C=N–C) groups is 1. The van der Waals surface area contributed by atoms with Gasteiger partial charge in [0.05, 0.1) is 13.2 Å². The van der Waals surface area contributed by atoms with Gasteiger partial charge in [0.25, 0.3) is 0 Å². The maximum Gasteiger partial charge on any atom is 0.194 e. The quantitative estimate of drug-likeness (QED) is 0.321. The largest absolute Gasteiger partial charge is 0.380 e. The molecule has 0 unspecified atom stereocenters. The highest BCUT2D eigenvalue weighted by Gasteiger charge is 2.20. The summed E-state index contributed by atoms with van der Waals surface area (Å²) < 4.78 is 5.35. The number of guanidine groups is 1. The highest BCUT2D eigenvalue weighted by molar-refractivity contribution is 14.0. The lowest BCUT2D eigenvalue weighted by Crippen LogP contribution is -2.52. The Kier molecular flexibility index (Phi) is 9.93. The third kappa shape index (κ3) is 6.50. The van der Waals surface area contributed by atoms with E-state index in [2.05, 4.69) is 38.1 Å². The first kappa shape index (κ1) is 20.0. The van der Waals surface area contributed by atoms with E-state index in [1.807, 2.05) is 25.3 Å². The minimum absolute atomic E-state index is 0. The Morgan fingerprint density at radius 1 is 1.26 bits per heavy atom. The number of nitrogens with zero attached hydrogens (tertiary/aromatic N) is 4. The van der Waals surface area contributed by atoms with Gasteiger partial charge in [-0.2, -0.15) is 0 Å². The van der Waals surface area contributed by atoms with Gasteiger partial charge >= 0.3 is 0 Å². The molecule has 1 aliphatic heterocycles. The van der Waals surface area contributed by atoms with Gasteiger partial charge in [-0.25, -0.2) is 4.98 Å². The summed E-state index contributed by atoms with van der Waals surface area (Å²) in [6.07, 6.45) is 1.85. The van der Waals surface area contributed by atoms with E-state index >= 15 is 0 Å². The minimum Gasteiger partial charge on any atom is -0.380 e. The summed E-state index contributed by atoms with van der Waals surface area (Å²) in [5.74, 6) is 2.04. The van der Waals surface area contributed by atoms with E-state index in [4.69, 9.17) is 4.74 Å². The van der Waals surface area contributed by atoms with Crippen molar-refractivity contribution in [2.75, 3.05) is 57.4 Å². The SMILES string of the molecule is CCNC(=NCCOCC)N1CCN(c2ccccn2)CC1.I. The van der Waals surface area contributed by atoms with Gasteiger partial charge in [0, 0.05) is 45.5 Å². The second-order valence-electron chi connectivity index (χ2n) is 5.09. The molecule has 1 aliphatic rings. The molecule has 130 valence electrons. The van der Waals surface area contributed by atoms with E-state index in [1.54, 1.807) is 0 Å². The fourth-order valence-corrected chi connectivity index (χ4v) is 2.47. The average molecular weight is 433 g/mol. The normalized spacial score (nSPS) is 15.3. The molecule has 6 nitrogen and oxygen atoms in total. The molecule has 2 rings (SSSR count). The van der Waals surface area contributed by atoms with Crippen molar-refractivity contribution < 1.29 is 4.74 Å². The molecule has 0 bridgehead atoms. The van der Waals surface area contributed by atoms with Gasteiger partial charge in [-0.15, -0.1) is 24.0 Å². The number of hydrogen-bond acceptors (Lipinski definition) is 4. The number of piperazine rings is 1. The number of ether oxygens (including phenoxy) is 1. The third-order valence-electron chi connectivity index (χ3n) is 3.59. The number of pyridine rings is 1. The Balaban J connectivity index is 0.00000264. The molecule has 0 radical (unpaired) electrons. The zero-order valence-electron chi connectivity index (χ0n) is 14.1. The van der Waals surface area contributed by atoms with Crippen LogP contribution in [0.2, 0.25) is 0 Å². The van der Waals surface area contributed by atoms with Crippen LogP contribution in [0.5, 0.6) is 0 Å². The van der Waals surface area contributed by atoms with Crippen molar-refractivity contribution in [3.63, 3.8) is 0 Å². The lowest BCUT2D eigenvalue weighted by atomic mass is 10.3. The predicted octanol–water partition coefficient (Wildman–Crippen LogP) is 1.82. The molecule has 0 saturated carbocycles. The molecule has 1 N–H and O–H groups in total. The molecule has 1 fully saturated rings. The lowest BCUT2D eigenvalue weighted by Gasteiger charge is -2.37. The van der Waals surface area contributed by atoms with Crippen LogP contribution >= 0.6 is 24.0 Å². The fraction of sp³-hybridized carbons (Fsp3) is 0.625. The van der Waals surface area contributed by atoms with Crippen LogP contribution in [-0.4, -0.2) is 68.3 Å². The zero-order valence-corrected chi connectivity index (χ0v) is 16.4. The second-order valence-corrected chi connectivity index (χ2v) is 5.09. The standard InChI is InChI=1S/C16H27N5O.HI/c1-3-17-16(19-9-14-22-4-2)21-12-10-20(11-13-21)15-7-5-6-8-18-15;/h5-8H,3-4,9-14H2,1-2H3,(H,17,19);1H. The Bertz CT molecular complexity index is 449. The van der Waals surface area contributed by atoms with Crippen LogP contribution in [0.3, 0.4) is 0 Å². The molecule has 2 heterocycles. The van der Waals surface area contributed by atoms with Crippen LogP contribution in [-0.2, 0) is 4.74 Å². The molecule has 1 saturated heterocycles. The molecule has 7 heteroatoms. The van der Waals surface area contributed by atoms with Crippen LogP contribution in [0, 0.1) is 0 Å². The third-order valence-corrected chi connectivity index (χ3v) is 3.59. The van der Waals surface area contributed by atoms with Crippen molar-refractivity contribution in [3.8, 4) is 0 Å². The Labute approximate surface area is 156 Å². The second kappa shape index (κ2) is 11.4. The molecular formula is C16H28IN5O. The number of aromatic nitrogens is 1. The first-order valence-corrected chi connectivity index (χ1v) is 8.12. The van der Waals surface area contributed by atoms with Gasteiger partial charge in [-0.05, 0) is 26.0 Å². The van der Waals surface area contributed by atoms with Crippen LogP contribution in [0.25, 0.3) is 0 Å². The van der Waals surface area contributed by atoms with Gasteiger partial charge in [-0.3, -0.25) is 4.99 Å². The number of hydrogen-bond donors (Lipinski definition) is 1. The van der Waals surface area contributed by atoms with Gasteiger partial charge in [-0.1, -0.05) is 6.07 Å². The van der Waals surface area contributed by atoms with E-state index in [0.29, 0.717) is 13.2 Å². The van der Waals surface area contributed by atoms with Gasteiger partial charge < -0.3 is 19.9 Å². The Hall–Kier alpha value is -1.09. The van der Waals surface area contributed by atoms with E-state index in [0.717, 1.165) is 51.1 Å². The summed E-state index contributed by atoms with van der Waals surface area (Å²) in [7, 11) is 0. The van der Waals surface area contributed by atoms with Gasteiger partial charge in [0.2, 0.25) is 0 Å². The first-order chi connectivity index (χ1) is 10.8. The summed E-state index contributed by atoms with van der Waals surface area (Å²) in [4.78, 5) is 13.7.